The molecule has 1 N–H and O–H groups in total. The second kappa shape index (κ2) is 10.8. The van der Waals surface area contributed by atoms with E-state index in [1.54, 1.807) is 19.5 Å². The molecule has 0 saturated carbocycles. The first-order valence-corrected chi connectivity index (χ1v) is 12.0. The number of hydrogen-bond donors (Lipinski definition) is 1. The van der Waals surface area contributed by atoms with Crippen molar-refractivity contribution in [1.82, 2.24) is 14.9 Å². The molecule has 1 aliphatic rings. The van der Waals surface area contributed by atoms with E-state index >= 15 is 0 Å². The normalized spacial score (nSPS) is 13.1. The Morgan fingerprint density at radius 1 is 0.892 bits per heavy atom. The monoisotopic (exact) mass is 490 g/mol. The molecular formula is C29H26N6O2. The van der Waals surface area contributed by atoms with E-state index in [-0.39, 0.29) is 5.91 Å². The minimum atomic E-state index is -0.000127. The molecule has 184 valence electrons. The number of nitrogens with one attached hydrogen (secondary N) is 1. The second-order valence-corrected chi connectivity index (χ2v) is 8.63. The highest BCUT2D eigenvalue weighted by molar-refractivity contribution is 5.94. The maximum Gasteiger partial charge on any atom is 0.253 e. The van der Waals surface area contributed by atoms with Crippen LogP contribution in [0.5, 0.6) is 5.75 Å². The molecule has 1 aromatic heterocycles. The van der Waals surface area contributed by atoms with Crippen molar-refractivity contribution in [2.24, 2.45) is 0 Å². The zero-order valence-electron chi connectivity index (χ0n) is 20.5. The topological polar surface area (TPSA) is 94.4 Å². The van der Waals surface area contributed by atoms with Crippen LogP contribution in [0.4, 0.5) is 17.3 Å². The fourth-order valence-electron chi connectivity index (χ4n) is 4.33. The predicted molar refractivity (Wildman–Crippen MR) is 143 cm³/mol. The number of benzene rings is 3. The van der Waals surface area contributed by atoms with Gasteiger partial charge in [0.2, 0.25) is 5.95 Å². The van der Waals surface area contributed by atoms with Gasteiger partial charge in [0.15, 0.2) is 0 Å². The van der Waals surface area contributed by atoms with Crippen molar-refractivity contribution >= 4 is 23.2 Å². The van der Waals surface area contributed by atoms with Crippen LogP contribution in [0.3, 0.4) is 0 Å². The van der Waals surface area contributed by atoms with E-state index in [9.17, 15) is 10.1 Å². The molecule has 0 aliphatic carbocycles. The van der Waals surface area contributed by atoms with Crippen LogP contribution in [0.15, 0.2) is 85.2 Å². The summed E-state index contributed by atoms with van der Waals surface area (Å²) in [6.07, 6.45) is 3.54. The summed E-state index contributed by atoms with van der Waals surface area (Å²) in [5.74, 6) is 1.28. The molecule has 0 bridgehead atoms. The molecule has 1 aliphatic heterocycles. The van der Waals surface area contributed by atoms with Gasteiger partial charge >= 0.3 is 0 Å². The molecule has 5 rings (SSSR count). The number of ether oxygens (including phenoxy) is 1. The zero-order valence-corrected chi connectivity index (χ0v) is 20.5. The van der Waals surface area contributed by atoms with Crippen LogP contribution in [0.1, 0.15) is 15.9 Å². The summed E-state index contributed by atoms with van der Waals surface area (Å²) in [7, 11) is 1.64. The van der Waals surface area contributed by atoms with Crippen molar-refractivity contribution in [3.63, 3.8) is 0 Å². The number of rotatable bonds is 6. The van der Waals surface area contributed by atoms with Crippen molar-refractivity contribution in [3.8, 4) is 22.9 Å². The highest BCUT2D eigenvalue weighted by Crippen LogP contribution is 2.24. The molecule has 2 heterocycles. The molecule has 3 aromatic carbocycles. The Labute approximate surface area is 215 Å². The van der Waals surface area contributed by atoms with Gasteiger partial charge in [0, 0.05) is 55.4 Å². The Morgan fingerprint density at radius 2 is 1.57 bits per heavy atom. The third kappa shape index (κ3) is 5.36. The maximum absolute atomic E-state index is 13.1. The summed E-state index contributed by atoms with van der Waals surface area (Å²) in [4.78, 5) is 25.9. The van der Waals surface area contributed by atoms with Crippen LogP contribution >= 0.6 is 0 Å². The van der Waals surface area contributed by atoms with Gasteiger partial charge in [0.25, 0.3) is 5.91 Å². The smallest absolute Gasteiger partial charge is 0.253 e. The highest BCUT2D eigenvalue weighted by Gasteiger charge is 2.23. The maximum atomic E-state index is 13.1. The van der Waals surface area contributed by atoms with E-state index in [0.717, 1.165) is 28.3 Å². The Balaban J connectivity index is 1.17. The van der Waals surface area contributed by atoms with Crippen LogP contribution < -0.4 is 15.0 Å². The Hall–Kier alpha value is -4.90. The number of para-hydroxylation sites is 1. The highest BCUT2D eigenvalue weighted by atomic mass is 16.5. The largest absolute Gasteiger partial charge is 0.497 e. The minimum absolute atomic E-state index is 0.000127. The average Bonchev–Trinajstić information content (AvgIpc) is 2.98. The van der Waals surface area contributed by atoms with Gasteiger partial charge < -0.3 is 19.9 Å². The summed E-state index contributed by atoms with van der Waals surface area (Å²) in [5.41, 5.74) is 4.92. The van der Waals surface area contributed by atoms with Gasteiger partial charge in [0.05, 0.1) is 18.4 Å². The first-order valence-electron chi connectivity index (χ1n) is 12.0. The Morgan fingerprint density at radius 3 is 2.22 bits per heavy atom. The lowest BCUT2D eigenvalue weighted by Gasteiger charge is -2.36. The minimum Gasteiger partial charge on any atom is -0.497 e. The lowest BCUT2D eigenvalue weighted by atomic mass is 10.1. The number of carbonyl (C=O) groups is 1. The quantitative estimate of drug-likeness (QED) is 0.418. The number of piperazine rings is 1. The molecule has 1 amide bonds. The van der Waals surface area contributed by atoms with E-state index in [1.165, 1.54) is 0 Å². The molecule has 37 heavy (non-hydrogen) atoms. The van der Waals surface area contributed by atoms with Gasteiger partial charge in [-0.15, -0.1) is 0 Å². The van der Waals surface area contributed by atoms with Crippen LogP contribution in [-0.4, -0.2) is 54.1 Å². The van der Waals surface area contributed by atoms with Gasteiger partial charge in [-0.25, -0.2) is 9.97 Å². The number of nitriles is 1. The number of methoxy groups -OCH3 is 1. The standard InChI is InChI=1S/C29H26N6O2/c1-37-26-12-8-21(9-13-26)24-19-31-29(32-20-24)33-25-10-6-22(7-11-25)28(36)35-16-14-34(15-17-35)27-5-3-2-4-23(27)18-30/h2-13,19-20H,14-17H2,1H3,(H,31,32,33). The fourth-order valence-corrected chi connectivity index (χ4v) is 4.33. The average molecular weight is 491 g/mol. The number of nitrogens with zero attached hydrogens (tertiary/aromatic N) is 5. The molecule has 8 nitrogen and oxygen atoms in total. The Bertz CT molecular complexity index is 1400. The number of anilines is 3. The van der Waals surface area contributed by atoms with Gasteiger partial charge in [-0.05, 0) is 54.1 Å². The summed E-state index contributed by atoms with van der Waals surface area (Å²) in [6.45, 7) is 2.59. The van der Waals surface area contributed by atoms with Crippen molar-refractivity contribution < 1.29 is 9.53 Å². The molecule has 8 heteroatoms. The SMILES string of the molecule is COc1ccc(-c2cnc(Nc3ccc(C(=O)N4CCN(c5ccccc5C#N)CC4)cc3)nc2)cc1. The van der Waals surface area contributed by atoms with E-state index in [4.69, 9.17) is 4.74 Å². The van der Waals surface area contributed by atoms with Crippen LogP contribution in [0.2, 0.25) is 0 Å². The van der Waals surface area contributed by atoms with Gasteiger partial charge in [-0.2, -0.15) is 5.26 Å². The Kier molecular flexibility index (Phi) is 6.95. The lowest BCUT2D eigenvalue weighted by Crippen LogP contribution is -2.49. The van der Waals surface area contributed by atoms with Gasteiger partial charge in [-0.1, -0.05) is 24.3 Å². The summed E-state index contributed by atoms with van der Waals surface area (Å²) < 4.78 is 5.20. The van der Waals surface area contributed by atoms with E-state index in [2.05, 4.69) is 26.3 Å². The molecule has 1 saturated heterocycles. The van der Waals surface area contributed by atoms with Crippen LogP contribution in [-0.2, 0) is 0 Å². The number of carbonyl (C=O) groups excluding carboxylic acids is 1. The number of aromatic nitrogens is 2. The van der Waals surface area contributed by atoms with Crippen molar-refractivity contribution in [1.29, 1.82) is 5.26 Å². The molecule has 4 aromatic rings. The number of amides is 1. The van der Waals surface area contributed by atoms with Crippen LogP contribution in [0.25, 0.3) is 11.1 Å². The van der Waals surface area contributed by atoms with Crippen molar-refractivity contribution in [3.05, 3.63) is 96.3 Å². The summed E-state index contributed by atoms with van der Waals surface area (Å²) >= 11 is 0. The molecule has 0 atom stereocenters. The van der Waals surface area contributed by atoms with Crippen molar-refractivity contribution in [2.75, 3.05) is 43.5 Å². The van der Waals surface area contributed by atoms with Gasteiger partial charge in [-0.3, -0.25) is 4.79 Å². The summed E-state index contributed by atoms with van der Waals surface area (Å²) in [6, 6.07) is 24.9. The first-order chi connectivity index (χ1) is 18.1. The zero-order chi connectivity index (χ0) is 25.6. The first kappa shape index (κ1) is 23.8. The third-order valence-corrected chi connectivity index (χ3v) is 6.40. The van der Waals surface area contributed by atoms with E-state index < -0.39 is 0 Å². The molecule has 0 unspecified atom stereocenters. The van der Waals surface area contributed by atoms with E-state index in [1.807, 2.05) is 77.7 Å². The molecule has 1 fully saturated rings. The van der Waals surface area contributed by atoms with Crippen molar-refractivity contribution in [2.45, 2.75) is 0 Å². The van der Waals surface area contributed by atoms with Crippen LogP contribution in [0, 0.1) is 11.3 Å². The fraction of sp³-hybridized carbons (Fsp3) is 0.172. The number of hydrogen-bond acceptors (Lipinski definition) is 7. The lowest BCUT2D eigenvalue weighted by molar-refractivity contribution is 0.0747. The third-order valence-electron chi connectivity index (χ3n) is 6.40. The molecular weight excluding hydrogens is 464 g/mol. The summed E-state index contributed by atoms with van der Waals surface area (Å²) in [5, 5.41) is 12.6. The molecule has 0 spiro atoms. The molecule has 0 radical (unpaired) electrons. The predicted octanol–water partition coefficient (Wildman–Crippen LogP) is 4.73. The van der Waals surface area contributed by atoms with Gasteiger partial charge in [0.1, 0.15) is 11.8 Å². The second-order valence-electron chi connectivity index (χ2n) is 8.63. The van der Waals surface area contributed by atoms with E-state index in [0.29, 0.717) is 43.3 Å².